The lowest BCUT2D eigenvalue weighted by molar-refractivity contribution is -0.129. The molecule has 1 N–H and O–H groups in total. The molecule has 5 nitrogen and oxygen atoms in total. The third kappa shape index (κ3) is 5.55. The predicted molar refractivity (Wildman–Crippen MR) is 88.4 cm³/mol. The van der Waals surface area contributed by atoms with Crippen molar-refractivity contribution in [3.8, 4) is 0 Å². The van der Waals surface area contributed by atoms with Crippen molar-refractivity contribution in [2.24, 2.45) is 5.41 Å². The number of ketones is 1. The maximum absolute atomic E-state index is 11.9. The van der Waals surface area contributed by atoms with Crippen molar-refractivity contribution in [3.05, 3.63) is 24.0 Å². The smallest absolute Gasteiger partial charge is 0.175 e. The Balaban J connectivity index is 5.63. The lowest BCUT2D eigenvalue weighted by atomic mass is 9.75. The van der Waals surface area contributed by atoms with E-state index in [0.717, 1.165) is 12.0 Å². The fourth-order valence-corrected chi connectivity index (χ4v) is 2.57. The Morgan fingerprint density at radius 3 is 2.41 bits per heavy atom. The lowest BCUT2D eigenvalue weighted by Crippen LogP contribution is -2.41. The lowest BCUT2D eigenvalue weighted by Gasteiger charge is -2.38. The van der Waals surface area contributed by atoms with Gasteiger partial charge in [-0.3, -0.25) is 4.79 Å². The number of methoxy groups -OCH3 is 1. The second kappa shape index (κ2) is 10.5. The Bertz CT molecular complexity index is 392. The third-order valence-corrected chi connectivity index (χ3v) is 3.91. The van der Waals surface area contributed by atoms with Crippen molar-refractivity contribution in [3.63, 3.8) is 0 Å². The Morgan fingerprint density at radius 1 is 1.36 bits per heavy atom. The van der Waals surface area contributed by atoms with Crippen molar-refractivity contribution in [1.82, 2.24) is 5.32 Å². The van der Waals surface area contributed by atoms with Gasteiger partial charge >= 0.3 is 0 Å². The first-order valence-corrected chi connectivity index (χ1v) is 7.66. The predicted octanol–water partition coefficient (Wildman–Crippen LogP) is 3.02. The van der Waals surface area contributed by atoms with Crippen LogP contribution in [0.3, 0.4) is 0 Å². The number of carbonyl (C=O) groups is 1. The molecule has 0 amide bonds. The van der Waals surface area contributed by atoms with Gasteiger partial charge in [-0.2, -0.15) is 0 Å². The fourth-order valence-electron chi connectivity index (χ4n) is 2.57. The van der Waals surface area contributed by atoms with Gasteiger partial charge in [0, 0.05) is 26.1 Å². The molecular weight excluding hydrogens is 282 g/mol. The topological polar surface area (TPSA) is 56.8 Å². The van der Waals surface area contributed by atoms with E-state index in [9.17, 15) is 4.79 Å². The molecule has 0 aliphatic rings. The number of hydrogen-bond donors (Lipinski definition) is 1. The maximum atomic E-state index is 11.9. The normalized spacial score (nSPS) is 16.5. The van der Waals surface area contributed by atoms with Gasteiger partial charge in [-0.25, -0.2) is 0 Å². The van der Waals surface area contributed by atoms with Crippen molar-refractivity contribution in [2.75, 3.05) is 27.1 Å². The summed E-state index contributed by atoms with van der Waals surface area (Å²) in [6.45, 7) is 14.4. The number of ether oxygens (including phenoxy) is 3. The molecule has 0 aromatic rings. The molecule has 0 bridgehead atoms. The standard InChI is InChI=1S/C17H31NO4/c1-8-15(22-12-21-10-3)17(6,11-20-7)13(4)16(14(5)19)18-9-2/h9,15,18H,2,8,10-12H2,1,3-7H3/b16-13-/t15?,17-/m1/s1. The number of carbonyl (C=O) groups excluding carboxylic acids is 1. The molecule has 128 valence electrons. The van der Waals surface area contributed by atoms with E-state index in [1.54, 1.807) is 7.11 Å². The van der Waals surface area contributed by atoms with Crippen molar-refractivity contribution in [1.29, 1.82) is 0 Å². The second-order valence-electron chi connectivity index (χ2n) is 5.43. The molecule has 0 saturated heterocycles. The van der Waals surface area contributed by atoms with Crippen LogP contribution in [-0.4, -0.2) is 39.0 Å². The van der Waals surface area contributed by atoms with Crippen LogP contribution >= 0.6 is 0 Å². The Morgan fingerprint density at radius 2 is 2.00 bits per heavy atom. The van der Waals surface area contributed by atoms with Gasteiger partial charge in [0.05, 0.1) is 18.4 Å². The number of rotatable bonds is 12. The van der Waals surface area contributed by atoms with Gasteiger partial charge in [0.25, 0.3) is 0 Å². The fraction of sp³-hybridized carbons (Fsp3) is 0.706. The summed E-state index contributed by atoms with van der Waals surface area (Å²) in [5.41, 5.74) is 0.982. The van der Waals surface area contributed by atoms with Gasteiger partial charge in [-0.05, 0) is 32.0 Å². The van der Waals surface area contributed by atoms with E-state index in [1.165, 1.54) is 13.1 Å². The Kier molecular flexibility index (Phi) is 9.98. The SMILES string of the molecule is C=CN/C(C(C)=O)=C(/C)[C@@](C)(COC)C(CC)OCOCC. The van der Waals surface area contributed by atoms with Crippen LogP contribution in [0.5, 0.6) is 0 Å². The summed E-state index contributed by atoms with van der Waals surface area (Å²) in [5.74, 6) is -0.0422. The minimum Gasteiger partial charge on any atom is -0.384 e. The Hall–Kier alpha value is -1.17. The maximum Gasteiger partial charge on any atom is 0.175 e. The molecule has 0 aliphatic heterocycles. The van der Waals surface area contributed by atoms with E-state index in [2.05, 4.69) is 11.9 Å². The highest BCUT2D eigenvalue weighted by atomic mass is 16.7. The van der Waals surface area contributed by atoms with Crippen LogP contribution in [0.1, 0.15) is 41.0 Å². The summed E-state index contributed by atoms with van der Waals surface area (Å²) >= 11 is 0. The van der Waals surface area contributed by atoms with Crippen LogP contribution in [0.4, 0.5) is 0 Å². The molecule has 22 heavy (non-hydrogen) atoms. The van der Waals surface area contributed by atoms with Crippen molar-refractivity contribution < 1.29 is 19.0 Å². The summed E-state index contributed by atoms with van der Waals surface area (Å²) in [5, 5.41) is 2.94. The number of hydrogen-bond acceptors (Lipinski definition) is 5. The number of allylic oxidation sites excluding steroid dienone is 1. The van der Waals surface area contributed by atoms with E-state index < -0.39 is 5.41 Å². The molecule has 0 heterocycles. The molecular formula is C17H31NO4. The second-order valence-corrected chi connectivity index (χ2v) is 5.43. The van der Waals surface area contributed by atoms with E-state index >= 15 is 0 Å². The molecule has 5 heteroatoms. The van der Waals surface area contributed by atoms with Crippen LogP contribution in [0.25, 0.3) is 0 Å². The van der Waals surface area contributed by atoms with E-state index in [0.29, 0.717) is 18.9 Å². The van der Waals surface area contributed by atoms with Crippen LogP contribution < -0.4 is 5.32 Å². The summed E-state index contributed by atoms with van der Waals surface area (Å²) in [4.78, 5) is 11.9. The van der Waals surface area contributed by atoms with E-state index in [1.807, 2.05) is 27.7 Å². The van der Waals surface area contributed by atoms with Crippen molar-refractivity contribution >= 4 is 5.78 Å². The molecule has 0 spiro atoms. The highest BCUT2D eigenvalue weighted by Crippen LogP contribution is 2.36. The van der Waals surface area contributed by atoms with Gasteiger partial charge in [-0.1, -0.05) is 20.4 Å². The molecule has 0 saturated carbocycles. The summed E-state index contributed by atoms with van der Waals surface area (Å²) in [6, 6.07) is 0. The van der Waals surface area contributed by atoms with Gasteiger partial charge in [0.1, 0.15) is 6.79 Å². The minimum atomic E-state index is -0.447. The van der Waals surface area contributed by atoms with E-state index in [4.69, 9.17) is 14.2 Å². The molecule has 0 radical (unpaired) electrons. The molecule has 0 fully saturated rings. The van der Waals surface area contributed by atoms with Crippen LogP contribution in [0, 0.1) is 5.41 Å². The largest absolute Gasteiger partial charge is 0.384 e. The number of nitrogens with one attached hydrogen (secondary N) is 1. The average Bonchev–Trinajstić information content (AvgIpc) is 2.48. The molecule has 1 unspecified atom stereocenters. The Labute approximate surface area is 134 Å². The summed E-state index contributed by atoms with van der Waals surface area (Å²) in [7, 11) is 1.65. The third-order valence-electron chi connectivity index (χ3n) is 3.91. The highest BCUT2D eigenvalue weighted by molar-refractivity contribution is 5.93. The quantitative estimate of drug-likeness (QED) is 0.341. The van der Waals surface area contributed by atoms with Gasteiger partial charge in [-0.15, -0.1) is 0 Å². The first-order chi connectivity index (χ1) is 10.4. The molecule has 0 aliphatic carbocycles. The molecule has 2 atom stereocenters. The van der Waals surface area contributed by atoms with Gasteiger partial charge < -0.3 is 19.5 Å². The van der Waals surface area contributed by atoms with Gasteiger partial charge in [0.2, 0.25) is 0 Å². The molecule has 0 rings (SSSR count). The van der Waals surface area contributed by atoms with Crippen LogP contribution in [0.2, 0.25) is 0 Å². The summed E-state index contributed by atoms with van der Waals surface area (Å²) in [6.07, 6.45) is 2.17. The zero-order chi connectivity index (χ0) is 17.2. The zero-order valence-electron chi connectivity index (χ0n) is 14.8. The van der Waals surface area contributed by atoms with E-state index in [-0.39, 0.29) is 18.7 Å². The molecule has 0 aromatic heterocycles. The number of Topliss-reactive ketones (excluding diaryl/α,β-unsaturated/α-hetero) is 1. The van der Waals surface area contributed by atoms with Gasteiger partial charge in [0.15, 0.2) is 5.78 Å². The van der Waals surface area contributed by atoms with Crippen LogP contribution in [-0.2, 0) is 19.0 Å². The highest BCUT2D eigenvalue weighted by Gasteiger charge is 2.38. The first kappa shape index (κ1) is 20.8. The average molecular weight is 313 g/mol. The first-order valence-electron chi connectivity index (χ1n) is 7.66. The molecule has 0 aromatic carbocycles. The van der Waals surface area contributed by atoms with Crippen molar-refractivity contribution in [2.45, 2.75) is 47.1 Å². The minimum absolute atomic E-state index is 0.0422. The zero-order valence-corrected chi connectivity index (χ0v) is 14.8. The van der Waals surface area contributed by atoms with Crippen LogP contribution in [0.15, 0.2) is 24.0 Å². The summed E-state index contributed by atoms with van der Waals surface area (Å²) < 4.78 is 16.6. The monoisotopic (exact) mass is 313 g/mol.